The lowest BCUT2D eigenvalue weighted by Crippen LogP contribution is -2.49. The van der Waals surface area contributed by atoms with E-state index in [-0.39, 0.29) is 11.3 Å². The van der Waals surface area contributed by atoms with Gasteiger partial charge in [0.25, 0.3) is 0 Å². The highest BCUT2D eigenvalue weighted by atomic mass is 16.5. The van der Waals surface area contributed by atoms with Crippen LogP contribution in [0.25, 0.3) is 10.9 Å². The predicted molar refractivity (Wildman–Crippen MR) is 121 cm³/mol. The van der Waals surface area contributed by atoms with Crippen LogP contribution in [0.5, 0.6) is 0 Å². The van der Waals surface area contributed by atoms with E-state index in [1.165, 1.54) is 0 Å². The molecule has 0 bridgehead atoms. The number of para-hydroxylation sites is 1. The Hall–Kier alpha value is -2.97. The maximum atomic E-state index is 12.6. The van der Waals surface area contributed by atoms with E-state index < -0.39 is 11.2 Å². The van der Waals surface area contributed by atoms with Gasteiger partial charge in [0.05, 0.1) is 16.9 Å². The number of nitrogens with one attached hydrogen (secondary N) is 3. The second kappa shape index (κ2) is 8.05. The van der Waals surface area contributed by atoms with Crippen molar-refractivity contribution in [1.82, 2.24) is 9.97 Å². The average Bonchev–Trinajstić information content (AvgIpc) is 2.69. The molecule has 0 aliphatic heterocycles. The number of aromatic amines is 2. The van der Waals surface area contributed by atoms with Gasteiger partial charge in [0.15, 0.2) is 11.3 Å². The second-order valence-electron chi connectivity index (χ2n) is 8.40. The van der Waals surface area contributed by atoms with Gasteiger partial charge in [-0.15, -0.1) is 0 Å². The summed E-state index contributed by atoms with van der Waals surface area (Å²) in [6.45, 7) is 8.81. The first-order valence-corrected chi connectivity index (χ1v) is 9.79. The molecule has 2 aromatic heterocycles. The van der Waals surface area contributed by atoms with Crippen LogP contribution in [0.1, 0.15) is 39.0 Å². The smallest absolute Gasteiger partial charge is 0.310 e. The fraction of sp³-hybridized carbons (Fsp3) is 0.318. The van der Waals surface area contributed by atoms with Crippen LogP contribution < -0.4 is 16.4 Å². The number of amidine groups is 1. The first-order chi connectivity index (χ1) is 14.0. The number of aliphatic hydroxyl groups is 1. The Morgan fingerprint density at radius 2 is 1.87 bits per heavy atom. The minimum absolute atomic E-state index is 0.0289. The van der Waals surface area contributed by atoms with Gasteiger partial charge in [0.2, 0.25) is 0 Å². The fourth-order valence-electron chi connectivity index (χ4n) is 2.80. The van der Waals surface area contributed by atoms with Gasteiger partial charge in [0, 0.05) is 16.5 Å². The Balaban J connectivity index is 1.83. The van der Waals surface area contributed by atoms with Crippen LogP contribution in [0, 0.1) is 12.3 Å². The van der Waals surface area contributed by atoms with Crippen molar-refractivity contribution in [2.75, 3.05) is 0 Å². The number of pyridine rings is 2. The minimum Gasteiger partial charge on any atom is -0.427 e. The van der Waals surface area contributed by atoms with E-state index in [1.54, 1.807) is 39.1 Å². The molecule has 0 saturated heterocycles. The molecule has 0 spiro atoms. The molecule has 0 aliphatic rings. The molecule has 8 heteroatoms. The van der Waals surface area contributed by atoms with E-state index in [4.69, 9.17) is 10.1 Å². The van der Waals surface area contributed by atoms with Crippen molar-refractivity contribution in [3.05, 3.63) is 69.6 Å². The van der Waals surface area contributed by atoms with E-state index in [9.17, 15) is 9.90 Å². The van der Waals surface area contributed by atoms with E-state index in [0.717, 1.165) is 5.46 Å². The summed E-state index contributed by atoms with van der Waals surface area (Å²) in [5.41, 5.74) is 1.10. The monoisotopic (exact) mass is 406 g/mol. The molecule has 4 N–H and O–H groups in total. The quantitative estimate of drug-likeness (QED) is 0.293. The standard InChI is InChI=1S/C22H27BN4O3/c1-13-18(26-16-9-7-6-8-15(16)19(13)28)20(24)27-17-11-10-14(12-25-17)23-30-22(4,5)21(2,3)29/h6-12,23,29H,1-5H3,(H,26,28)(H2,24,25,27). The number of fused-ring (bicyclic) bond motifs is 1. The summed E-state index contributed by atoms with van der Waals surface area (Å²) in [4.78, 5) is 23.1. The highest BCUT2D eigenvalue weighted by Gasteiger charge is 2.35. The van der Waals surface area contributed by atoms with Crippen molar-refractivity contribution in [3.8, 4) is 0 Å². The molecular formula is C22H27BN4O3. The van der Waals surface area contributed by atoms with Gasteiger partial charge in [-0.25, -0.2) is 4.99 Å². The van der Waals surface area contributed by atoms with E-state index in [2.05, 4.69) is 15.0 Å². The molecule has 3 aromatic rings. The number of hydrogen-bond donors (Lipinski definition) is 4. The Bertz CT molecular complexity index is 1200. The second-order valence-corrected chi connectivity index (χ2v) is 8.40. The van der Waals surface area contributed by atoms with Gasteiger partial charge in [-0.2, -0.15) is 0 Å². The largest absolute Gasteiger partial charge is 0.427 e. The van der Waals surface area contributed by atoms with Crippen molar-refractivity contribution in [1.29, 1.82) is 5.41 Å². The minimum atomic E-state index is -0.976. The van der Waals surface area contributed by atoms with Gasteiger partial charge in [-0.3, -0.25) is 10.2 Å². The molecule has 0 amide bonds. The molecule has 0 unspecified atom stereocenters. The first-order valence-electron chi connectivity index (χ1n) is 9.79. The highest BCUT2D eigenvalue weighted by molar-refractivity contribution is 6.46. The molecule has 0 atom stereocenters. The van der Waals surface area contributed by atoms with Gasteiger partial charge in [-0.05, 0) is 64.5 Å². The van der Waals surface area contributed by atoms with Crippen LogP contribution in [0.15, 0.2) is 52.4 Å². The van der Waals surface area contributed by atoms with E-state index in [1.807, 2.05) is 38.1 Å². The van der Waals surface area contributed by atoms with Gasteiger partial charge < -0.3 is 19.7 Å². The Labute approximate surface area is 175 Å². The molecule has 0 fully saturated rings. The van der Waals surface area contributed by atoms with Crippen LogP contribution in [-0.2, 0) is 4.65 Å². The van der Waals surface area contributed by atoms with Crippen molar-refractivity contribution < 1.29 is 9.76 Å². The SMILES string of the molecule is Cc1c(C(=N)/N=c2/ccc(BOC(C)(C)C(C)(C)O)c[nH]2)[nH]c2ccccc2c1=O. The number of H-pyrrole nitrogens is 2. The zero-order valence-corrected chi connectivity index (χ0v) is 18.0. The summed E-state index contributed by atoms with van der Waals surface area (Å²) >= 11 is 0. The Kier molecular flexibility index (Phi) is 5.83. The third-order valence-corrected chi connectivity index (χ3v) is 5.55. The number of nitrogens with zero attached hydrogens (tertiary/aromatic N) is 1. The highest BCUT2D eigenvalue weighted by Crippen LogP contribution is 2.24. The molecule has 3 rings (SSSR count). The van der Waals surface area contributed by atoms with Crippen molar-refractivity contribution >= 4 is 29.7 Å². The molecule has 1 aromatic carbocycles. The summed E-state index contributed by atoms with van der Waals surface area (Å²) in [6.07, 6.45) is 1.75. The number of aromatic nitrogens is 2. The maximum absolute atomic E-state index is 12.6. The number of hydrogen-bond acceptors (Lipinski definition) is 4. The van der Waals surface area contributed by atoms with Crippen LogP contribution in [0.3, 0.4) is 0 Å². The van der Waals surface area contributed by atoms with Crippen molar-refractivity contribution in [3.63, 3.8) is 0 Å². The lowest BCUT2D eigenvalue weighted by Gasteiger charge is -2.37. The molecule has 7 nitrogen and oxygen atoms in total. The van der Waals surface area contributed by atoms with Crippen LogP contribution in [0.4, 0.5) is 0 Å². The first kappa shape index (κ1) is 21.7. The maximum Gasteiger partial charge on any atom is 0.310 e. The summed E-state index contributed by atoms with van der Waals surface area (Å²) in [5.74, 6) is -0.0289. The molecular weight excluding hydrogens is 379 g/mol. The van der Waals surface area contributed by atoms with Gasteiger partial charge in [0.1, 0.15) is 5.49 Å². The summed E-state index contributed by atoms with van der Waals surface area (Å²) in [5, 5.41) is 19.1. The zero-order chi connectivity index (χ0) is 22.1. The predicted octanol–water partition coefficient (Wildman–Crippen LogP) is 1.63. The molecule has 2 heterocycles. The fourth-order valence-corrected chi connectivity index (χ4v) is 2.80. The summed E-state index contributed by atoms with van der Waals surface area (Å²) in [6, 6.07) is 10.8. The van der Waals surface area contributed by atoms with Gasteiger partial charge >= 0.3 is 7.48 Å². The molecule has 156 valence electrons. The number of rotatable bonds is 5. The normalized spacial score (nSPS) is 12.9. The van der Waals surface area contributed by atoms with Gasteiger partial charge in [-0.1, -0.05) is 18.2 Å². The molecule has 0 saturated carbocycles. The number of benzene rings is 1. The molecule has 30 heavy (non-hydrogen) atoms. The lowest BCUT2D eigenvalue weighted by molar-refractivity contribution is -0.0893. The Morgan fingerprint density at radius 1 is 1.17 bits per heavy atom. The topological polar surface area (TPSA) is 114 Å². The third-order valence-electron chi connectivity index (χ3n) is 5.55. The lowest BCUT2D eigenvalue weighted by atomic mass is 9.83. The zero-order valence-electron chi connectivity index (χ0n) is 18.0. The van der Waals surface area contributed by atoms with Crippen LogP contribution in [-0.4, -0.2) is 39.6 Å². The van der Waals surface area contributed by atoms with Crippen LogP contribution in [0.2, 0.25) is 0 Å². The van der Waals surface area contributed by atoms with Crippen LogP contribution >= 0.6 is 0 Å². The third kappa shape index (κ3) is 4.45. The van der Waals surface area contributed by atoms with Crippen molar-refractivity contribution in [2.24, 2.45) is 4.99 Å². The average molecular weight is 406 g/mol. The molecule has 0 radical (unpaired) electrons. The Morgan fingerprint density at radius 3 is 2.50 bits per heavy atom. The van der Waals surface area contributed by atoms with E-state index in [0.29, 0.717) is 35.1 Å². The summed E-state index contributed by atoms with van der Waals surface area (Å²) < 4.78 is 5.86. The van der Waals surface area contributed by atoms with E-state index >= 15 is 0 Å². The van der Waals surface area contributed by atoms with Crippen molar-refractivity contribution in [2.45, 2.75) is 45.8 Å². The summed E-state index contributed by atoms with van der Waals surface area (Å²) in [7, 11) is 0.322. The molecule has 0 aliphatic carbocycles.